The summed E-state index contributed by atoms with van der Waals surface area (Å²) < 4.78 is 10.7. The zero-order valence-electron chi connectivity index (χ0n) is 15.6. The fourth-order valence-corrected chi connectivity index (χ4v) is 3.03. The van der Waals surface area contributed by atoms with Gasteiger partial charge in [-0.05, 0) is 11.1 Å². The Balaban J connectivity index is 1.49. The van der Waals surface area contributed by atoms with Crippen LogP contribution in [0.5, 0.6) is 0 Å². The van der Waals surface area contributed by atoms with Crippen molar-refractivity contribution in [3.63, 3.8) is 0 Å². The number of aliphatic hydroxyl groups is 1. The van der Waals surface area contributed by atoms with Crippen molar-refractivity contribution in [2.45, 2.75) is 19.3 Å². The second-order valence-electron chi connectivity index (χ2n) is 6.56. The number of hydrogen-bond donors (Lipinski definition) is 1. The molecule has 0 saturated carbocycles. The smallest absolute Gasteiger partial charge is 0.410 e. The molecule has 0 aromatic heterocycles. The van der Waals surface area contributed by atoms with E-state index in [0.717, 1.165) is 11.1 Å². The highest BCUT2D eigenvalue weighted by atomic mass is 16.6. The number of benzene rings is 2. The van der Waals surface area contributed by atoms with Gasteiger partial charge >= 0.3 is 12.2 Å². The average Bonchev–Trinajstić information content (AvgIpc) is 2.76. The molecule has 0 radical (unpaired) electrons. The van der Waals surface area contributed by atoms with Crippen LogP contribution in [-0.2, 0) is 22.7 Å². The number of nitrogens with zero attached hydrogens (tertiary/aromatic N) is 2. The molecule has 1 fully saturated rings. The van der Waals surface area contributed by atoms with E-state index in [1.807, 2.05) is 60.7 Å². The average molecular weight is 384 g/mol. The number of hydrogen-bond acceptors (Lipinski definition) is 5. The number of amides is 2. The van der Waals surface area contributed by atoms with Crippen molar-refractivity contribution in [3.05, 3.63) is 71.8 Å². The Hall–Kier alpha value is -3.06. The van der Waals surface area contributed by atoms with Crippen LogP contribution in [-0.4, -0.2) is 59.4 Å². The zero-order valence-corrected chi connectivity index (χ0v) is 15.6. The van der Waals surface area contributed by atoms with Gasteiger partial charge in [0.2, 0.25) is 0 Å². The lowest BCUT2D eigenvalue weighted by Crippen LogP contribution is -2.58. The van der Waals surface area contributed by atoms with E-state index in [4.69, 9.17) is 9.47 Å². The Morgan fingerprint density at radius 1 is 0.857 bits per heavy atom. The molecule has 2 amide bonds. The maximum atomic E-state index is 12.4. The maximum absolute atomic E-state index is 12.4. The molecule has 3 rings (SSSR count). The maximum Gasteiger partial charge on any atom is 0.410 e. The fraction of sp³-hybridized carbons (Fsp3) is 0.333. The Kier molecular flexibility index (Phi) is 6.86. The van der Waals surface area contributed by atoms with Crippen molar-refractivity contribution in [1.82, 2.24) is 9.80 Å². The summed E-state index contributed by atoms with van der Waals surface area (Å²) in [5.74, 6) is 0. The van der Waals surface area contributed by atoms with Crippen LogP contribution >= 0.6 is 0 Å². The molecular formula is C21H24N2O5. The lowest BCUT2D eigenvalue weighted by molar-refractivity contribution is 0.0171. The number of aliphatic hydroxyl groups excluding tert-OH is 1. The summed E-state index contributed by atoms with van der Waals surface area (Å²) in [6.45, 7) is 0.886. The van der Waals surface area contributed by atoms with Crippen LogP contribution in [0.25, 0.3) is 0 Å². The molecular weight excluding hydrogens is 360 g/mol. The molecule has 0 spiro atoms. The molecule has 2 aromatic carbocycles. The van der Waals surface area contributed by atoms with E-state index in [1.165, 1.54) is 9.80 Å². The standard InChI is InChI=1S/C21H24N2O5/c24-14-19-13-22(20(25)27-15-17-7-3-1-4-8-17)11-12-23(19)21(26)28-16-18-9-5-2-6-10-18/h1-10,19,24H,11-16H2/t19-/m0/s1. The summed E-state index contributed by atoms with van der Waals surface area (Å²) in [5.41, 5.74) is 1.79. The van der Waals surface area contributed by atoms with E-state index >= 15 is 0 Å². The van der Waals surface area contributed by atoms with E-state index in [9.17, 15) is 14.7 Å². The first-order valence-corrected chi connectivity index (χ1v) is 9.21. The van der Waals surface area contributed by atoms with Crippen molar-refractivity contribution in [1.29, 1.82) is 0 Å². The monoisotopic (exact) mass is 384 g/mol. The number of piperazine rings is 1. The van der Waals surface area contributed by atoms with Crippen LogP contribution in [0.4, 0.5) is 9.59 Å². The van der Waals surface area contributed by atoms with Crippen molar-refractivity contribution in [2.75, 3.05) is 26.2 Å². The van der Waals surface area contributed by atoms with Crippen LogP contribution in [0.15, 0.2) is 60.7 Å². The number of rotatable bonds is 5. The molecule has 1 heterocycles. The van der Waals surface area contributed by atoms with Gasteiger partial charge in [-0.3, -0.25) is 4.90 Å². The van der Waals surface area contributed by atoms with E-state index < -0.39 is 18.2 Å². The predicted molar refractivity (Wildman–Crippen MR) is 102 cm³/mol. The normalized spacial score (nSPS) is 16.5. The Morgan fingerprint density at radius 2 is 1.39 bits per heavy atom. The molecule has 1 saturated heterocycles. The second-order valence-corrected chi connectivity index (χ2v) is 6.56. The van der Waals surface area contributed by atoms with Gasteiger partial charge in [0, 0.05) is 19.6 Å². The van der Waals surface area contributed by atoms with Gasteiger partial charge in [0.15, 0.2) is 0 Å². The van der Waals surface area contributed by atoms with Gasteiger partial charge in [-0.15, -0.1) is 0 Å². The highest BCUT2D eigenvalue weighted by Crippen LogP contribution is 2.14. The SMILES string of the molecule is O=C(OCc1ccccc1)N1CCN(C(=O)OCc2ccccc2)[C@H](CO)C1. The van der Waals surface area contributed by atoms with Crippen LogP contribution in [0.3, 0.4) is 0 Å². The van der Waals surface area contributed by atoms with Crippen molar-refractivity contribution >= 4 is 12.2 Å². The molecule has 148 valence electrons. The summed E-state index contributed by atoms with van der Waals surface area (Å²) in [5, 5.41) is 9.67. The topological polar surface area (TPSA) is 79.3 Å². The molecule has 0 bridgehead atoms. The van der Waals surface area contributed by atoms with E-state index in [-0.39, 0.29) is 32.9 Å². The molecule has 1 aliphatic heterocycles. The molecule has 7 heteroatoms. The molecule has 0 aliphatic carbocycles. The summed E-state index contributed by atoms with van der Waals surface area (Å²) >= 11 is 0. The van der Waals surface area contributed by atoms with Crippen LogP contribution in [0.1, 0.15) is 11.1 Å². The van der Waals surface area contributed by atoms with Gasteiger partial charge in [-0.25, -0.2) is 9.59 Å². The molecule has 28 heavy (non-hydrogen) atoms. The lowest BCUT2D eigenvalue weighted by atomic mass is 10.2. The zero-order chi connectivity index (χ0) is 19.8. The highest BCUT2D eigenvalue weighted by Gasteiger charge is 2.33. The van der Waals surface area contributed by atoms with E-state index in [1.54, 1.807) is 0 Å². The van der Waals surface area contributed by atoms with Crippen LogP contribution in [0.2, 0.25) is 0 Å². The van der Waals surface area contributed by atoms with Gasteiger partial charge in [0.25, 0.3) is 0 Å². The third-order valence-corrected chi connectivity index (χ3v) is 4.60. The predicted octanol–water partition coefficient (Wildman–Crippen LogP) is 2.64. The van der Waals surface area contributed by atoms with Crippen LogP contribution in [0, 0.1) is 0 Å². The van der Waals surface area contributed by atoms with Crippen molar-refractivity contribution < 1.29 is 24.2 Å². The van der Waals surface area contributed by atoms with Gasteiger partial charge in [-0.1, -0.05) is 60.7 Å². The lowest BCUT2D eigenvalue weighted by Gasteiger charge is -2.39. The first-order chi connectivity index (χ1) is 13.7. The fourth-order valence-electron chi connectivity index (χ4n) is 3.03. The van der Waals surface area contributed by atoms with Gasteiger partial charge < -0.3 is 19.5 Å². The molecule has 1 N–H and O–H groups in total. The molecule has 0 unspecified atom stereocenters. The van der Waals surface area contributed by atoms with Crippen molar-refractivity contribution in [2.24, 2.45) is 0 Å². The third-order valence-electron chi connectivity index (χ3n) is 4.60. The molecule has 1 atom stereocenters. The largest absolute Gasteiger partial charge is 0.445 e. The highest BCUT2D eigenvalue weighted by molar-refractivity contribution is 5.70. The third kappa shape index (κ3) is 5.23. The van der Waals surface area contributed by atoms with Crippen LogP contribution < -0.4 is 0 Å². The van der Waals surface area contributed by atoms with E-state index in [0.29, 0.717) is 6.54 Å². The Labute approximate surface area is 164 Å². The van der Waals surface area contributed by atoms with Gasteiger partial charge in [0.1, 0.15) is 13.2 Å². The summed E-state index contributed by atoms with van der Waals surface area (Å²) in [6.07, 6.45) is -0.959. The quantitative estimate of drug-likeness (QED) is 0.857. The molecule has 2 aromatic rings. The minimum atomic E-state index is -0.527. The second kappa shape index (κ2) is 9.75. The number of carbonyl (C=O) groups is 2. The Bertz CT molecular complexity index is 769. The summed E-state index contributed by atoms with van der Waals surface area (Å²) in [4.78, 5) is 27.7. The number of carbonyl (C=O) groups excluding carboxylic acids is 2. The summed E-state index contributed by atoms with van der Waals surface area (Å²) in [6, 6.07) is 18.3. The molecule has 7 nitrogen and oxygen atoms in total. The minimum Gasteiger partial charge on any atom is -0.445 e. The number of ether oxygens (including phenoxy) is 2. The first kappa shape index (κ1) is 19.7. The van der Waals surface area contributed by atoms with Crippen molar-refractivity contribution in [3.8, 4) is 0 Å². The van der Waals surface area contributed by atoms with Gasteiger partial charge in [-0.2, -0.15) is 0 Å². The first-order valence-electron chi connectivity index (χ1n) is 9.21. The van der Waals surface area contributed by atoms with E-state index in [2.05, 4.69) is 0 Å². The molecule has 1 aliphatic rings. The minimum absolute atomic E-state index is 0.164. The Morgan fingerprint density at radius 3 is 1.93 bits per heavy atom. The van der Waals surface area contributed by atoms with Gasteiger partial charge in [0.05, 0.1) is 12.6 Å². The summed E-state index contributed by atoms with van der Waals surface area (Å²) in [7, 11) is 0.